The summed E-state index contributed by atoms with van der Waals surface area (Å²) in [6.45, 7) is 4.78. The van der Waals surface area contributed by atoms with Gasteiger partial charge in [0.05, 0.1) is 4.91 Å². The van der Waals surface area contributed by atoms with E-state index in [1.54, 1.807) is 6.08 Å². The lowest BCUT2D eigenvalue weighted by Gasteiger charge is -2.38. The SMILES string of the molecule is O=C1NC(=O)/C(=C\c2ccccc2N2CCN(C(=O)C3CCNCC3)CC2)S1. The maximum atomic E-state index is 12.8. The number of imide groups is 1. The maximum absolute atomic E-state index is 12.8. The summed E-state index contributed by atoms with van der Waals surface area (Å²) in [5.74, 6) is 0.0940. The van der Waals surface area contributed by atoms with Crippen molar-refractivity contribution in [1.29, 1.82) is 0 Å². The second kappa shape index (κ2) is 8.36. The molecule has 1 aromatic rings. The molecule has 0 unspecified atom stereocenters. The van der Waals surface area contributed by atoms with Crippen LogP contribution in [0.4, 0.5) is 10.5 Å². The third-order valence-corrected chi connectivity index (χ3v) is 6.30. The van der Waals surface area contributed by atoms with E-state index in [2.05, 4.69) is 15.5 Å². The van der Waals surface area contributed by atoms with Gasteiger partial charge >= 0.3 is 0 Å². The minimum Gasteiger partial charge on any atom is -0.367 e. The van der Waals surface area contributed by atoms with Gasteiger partial charge in [-0.05, 0) is 55.4 Å². The largest absolute Gasteiger partial charge is 0.367 e. The first kappa shape index (κ1) is 19.0. The maximum Gasteiger partial charge on any atom is 0.290 e. The van der Waals surface area contributed by atoms with Crippen molar-refractivity contribution < 1.29 is 14.4 Å². The average molecular weight is 401 g/mol. The monoisotopic (exact) mass is 400 g/mol. The first-order valence-electron chi connectivity index (χ1n) is 9.70. The molecule has 148 valence electrons. The second-order valence-corrected chi connectivity index (χ2v) is 8.26. The molecule has 4 rings (SSSR count). The lowest BCUT2D eigenvalue weighted by molar-refractivity contribution is -0.136. The number of nitrogens with zero attached hydrogens (tertiary/aromatic N) is 2. The Morgan fingerprint density at radius 1 is 1.07 bits per heavy atom. The minimum absolute atomic E-state index is 0.153. The quantitative estimate of drug-likeness (QED) is 0.751. The van der Waals surface area contributed by atoms with Gasteiger partial charge in [-0.1, -0.05) is 18.2 Å². The number of hydrogen-bond acceptors (Lipinski definition) is 6. The lowest BCUT2D eigenvalue weighted by atomic mass is 9.96. The third-order valence-electron chi connectivity index (χ3n) is 5.49. The Bertz CT molecular complexity index is 811. The number of benzene rings is 1. The van der Waals surface area contributed by atoms with Gasteiger partial charge in [0.2, 0.25) is 5.91 Å². The van der Waals surface area contributed by atoms with E-state index in [0.29, 0.717) is 18.0 Å². The molecule has 0 radical (unpaired) electrons. The summed E-state index contributed by atoms with van der Waals surface area (Å²) in [6, 6.07) is 7.87. The molecule has 0 aliphatic carbocycles. The zero-order valence-electron chi connectivity index (χ0n) is 15.6. The number of carbonyl (C=O) groups is 3. The van der Waals surface area contributed by atoms with Crippen LogP contribution in [0.15, 0.2) is 29.2 Å². The highest BCUT2D eigenvalue weighted by atomic mass is 32.2. The molecule has 0 bridgehead atoms. The average Bonchev–Trinajstić information content (AvgIpc) is 3.05. The number of amides is 3. The van der Waals surface area contributed by atoms with Gasteiger partial charge in [-0.3, -0.25) is 19.7 Å². The van der Waals surface area contributed by atoms with Crippen molar-refractivity contribution in [2.75, 3.05) is 44.2 Å². The van der Waals surface area contributed by atoms with Crippen LogP contribution in [-0.2, 0) is 9.59 Å². The number of piperazine rings is 1. The molecule has 2 N–H and O–H groups in total. The van der Waals surface area contributed by atoms with Crippen LogP contribution in [-0.4, -0.2) is 61.2 Å². The van der Waals surface area contributed by atoms with Gasteiger partial charge in [-0.2, -0.15) is 0 Å². The summed E-state index contributed by atoms with van der Waals surface area (Å²) in [5.41, 5.74) is 1.93. The summed E-state index contributed by atoms with van der Waals surface area (Å²) in [7, 11) is 0. The molecule has 1 aromatic carbocycles. The highest BCUT2D eigenvalue weighted by Gasteiger charge is 2.29. The number of rotatable bonds is 3. The second-order valence-electron chi connectivity index (χ2n) is 7.25. The van der Waals surface area contributed by atoms with Crippen LogP contribution in [0, 0.1) is 5.92 Å². The smallest absolute Gasteiger partial charge is 0.290 e. The van der Waals surface area contributed by atoms with Crippen molar-refractivity contribution in [3.8, 4) is 0 Å². The number of carbonyl (C=O) groups excluding carboxylic acids is 3. The van der Waals surface area contributed by atoms with Crippen LogP contribution in [0.3, 0.4) is 0 Å². The van der Waals surface area contributed by atoms with E-state index in [1.165, 1.54) is 0 Å². The minimum atomic E-state index is -0.345. The first-order chi connectivity index (χ1) is 13.6. The number of thioether (sulfide) groups is 1. The van der Waals surface area contributed by atoms with Gasteiger partial charge in [0.1, 0.15) is 0 Å². The van der Waals surface area contributed by atoms with Gasteiger partial charge < -0.3 is 15.1 Å². The van der Waals surface area contributed by atoms with Crippen molar-refractivity contribution in [2.45, 2.75) is 12.8 Å². The zero-order chi connectivity index (χ0) is 19.5. The van der Waals surface area contributed by atoms with Crippen LogP contribution >= 0.6 is 11.8 Å². The van der Waals surface area contributed by atoms with Crippen LogP contribution in [0.1, 0.15) is 18.4 Å². The van der Waals surface area contributed by atoms with Crippen LogP contribution in [0.25, 0.3) is 6.08 Å². The summed E-state index contributed by atoms with van der Waals surface area (Å²) < 4.78 is 0. The molecule has 3 amide bonds. The lowest BCUT2D eigenvalue weighted by Crippen LogP contribution is -2.51. The van der Waals surface area contributed by atoms with Crippen molar-refractivity contribution in [3.63, 3.8) is 0 Å². The third kappa shape index (κ3) is 4.07. The summed E-state index contributed by atoms with van der Waals surface area (Å²) in [5, 5.41) is 5.26. The Kier molecular flexibility index (Phi) is 5.68. The fourth-order valence-electron chi connectivity index (χ4n) is 3.95. The van der Waals surface area contributed by atoms with Gasteiger partial charge in [-0.25, -0.2) is 0 Å². The molecule has 3 heterocycles. The highest BCUT2D eigenvalue weighted by molar-refractivity contribution is 8.18. The molecule has 0 spiro atoms. The molecular formula is C20H24N4O3S. The number of nitrogens with one attached hydrogen (secondary N) is 2. The molecule has 7 nitrogen and oxygen atoms in total. The fourth-order valence-corrected chi connectivity index (χ4v) is 4.63. The fraction of sp³-hybridized carbons (Fsp3) is 0.450. The Labute approximate surface area is 168 Å². The molecular weight excluding hydrogens is 376 g/mol. The van der Waals surface area contributed by atoms with Crippen molar-refractivity contribution >= 4 is 40.6 Å². The Hall–Kier alpha value is -2.32. The zero-order valence-corrected chi connectivity index (χ0v) is 16.5. The Balaban J connectivity index is 1.44. The van der Waals surface area contributed by atoms with Crippen molar-refractivity contribution in [3.05, 3.63) is 34.7 Å². The van der Waals surface area contributed by atoms with Crippen LogP contribution < -0.4 is 15.5 Å². The van der Waals surface area contributed by atoms with Gasteiger partial charge in [0.15, 0.2) is 0 Å². The van der Waals surface area contributed by atoms with E-state index in [1.807, 2.05) is 29.2 Å². The molecule has 0 saturated carbocycles. The van der Waals surface area contributed by atoms with E-state index in [0.717, 1.165) is 62.0 Å². The number of hydrogen-bond donors (Lipinski definition) is 2. The van der Waals surface area contributed by atoms with Gasteiger partial charge in [-0.15, -0.1) is 0 Å². The van der Waals surface area contributed by atoms with Crippen molar-refractivity contribution in [1.82, 2.24) is 15.5 Å². The topological polar surface area (TPSA) is 81.8 Å². The van der Waals surface area contributed by atoms with E-state index in [-0.39, 0.29) is 23.0 Å². The van der Waals surface area contributed by atoms with Gasteiger partial charge in [0, 0.05) is 37.8 Å². The summed E-state index contributed by atoms with van der Waals surface area (Å²) >= 11 is 0.929. The van der Waals surface area contributed by atoms with E-state index in [4.69, 9.17) is 0 Å². The number of anilines is 1. The predicted octanol–water partition coefficient (Wildman–Crippen LogP) is 1.66. The summed E-state index contributed by atoms with van der Waals surface area (Å²) in [4.78, 5) is 40.7. The van der Waals surface area contributed by atoms with Crippen LogP contribution in [0.2, 0.25) is 0 Å². The molecule has 0 atom stereocenters. The molecule has 3 fully saturated rings. The van der Waals surface area contributed by atoms with Crippen LogP contribution in [0.5, 0.6) is 0 Å². The first-order valence-corrected chi connectivity index (χ1v) is 10.5. The Morgan fingerprint density at radius 2 is 1.79 bits per heavy atom. The number of para-hydroxylation sites is 1. The summed E-state index contributed by atoms with van der Waals surface area (Å²) in [6.07, 6.45) is 3.62. The molecule has 3 aliphatic heterocycles. The molecule has 0 aromatic heterocycles. The normalized spacial score (nSPS) is 22.6. The predicted molar refractivity (Wildman–Crippen MR) is 110 cm³/mol. The van der Waals surface area contributed by atoms with E-state index >= 15 is 0 Å². The number of piperidine rings is 1. The van der Waals surface area contributed by atoms with E-state index in [9.17, 15) is 14.4 Å². The highest BCUT2D eigenvalue weighted by Crippen LogP contribution is 2.30. The molecule has 3 aliphatic rings. The molecule has 3 saturated heterocycles. The van der Waals surface area contributed by atoms with E-state index < -0.39 is 0 Å². The molecule has 8 heteroatoms. The van der Waals surface area contributed by atoms with Crippen molar-refractivity contribution in [2.24, 2.45) is 5.92 Å². The standard InChI is InChI=1S/C20H24N4O3S/c25-18-17(28-20(27)22-18)13-15-3-1-2-4-16(15)23-9-11-24(12-10-23)19(26)14-5-7-21-8-6-14/h1-4,13-14,21H,5-12H2,(H,22,25,27)/b17-13+. The molecule has 28 heavy (non-hydrogen) atoms. The Morgan fingerprint density at radius 3 is 2.46 bits per heavy atom. The van der Waals surface area contributed by atoms with Gasteiger partial charge in [0.25, 0.3) is 11.1 Å².